The van der Waals surface area contributed by atoms with Crippen molar-refractivity contribution in [2.24, 2.45) is 0 Å². The maximum absolute atomic E-state index is 13.4. The van der Waals surface area contributed by atoms with Crippen LogP contribution in [0.1, 0.15) is 15.9 Å². The van der Waals surface area contributed by atoms with Crippen molar-refractivity contribution < 1.29 is 13.6 Å². The van der Waals surface area contributed by atoms with Gasteiger partial charge in [0.2, 0.25) is 0 Å². The standard InChI is InChI=1S/C14H10F2NO/c1-9-2-5-11(6-3-9)17-14(18)12-7-4-10(15)8-13(12)16/h2-8H,1H2,(H,17,18). The molecular formula is C14H10F2NO. The Morgan fingerprint density at radius 3 is 2.33 bits per heavy atom. The van der Waals surface area contributed by atoms with Crippen LogP contribution >= 0.6 is 0 Å². The van der Waals surface area contributed by atoms with Crippen molar-refractivity contribution in [2.75, 3.05) is 5.32 Å². The zero-order chi connectivity index (χ0) is 13.1. The predicted molar refractivity (Wildman–Crippen MR) is 65.2 cm³/mol. The van der Waals surface area contributed by atoms with Crippen LogP contribution in [0, 0.1) is 18.6 Å². The Balaban J connectivity index is 2.19. The van der Waals surface area contributed by atoms with Crippen LogP contribution in [0.2, 0.25) is 0 Å². The van der Waals surface area contributed by atoms with Gasteiger partial charge in [-0.1, -0.05) is 12.1 Å². The average Bonchev–Trinajstić information content (AvgIpc) is 2.32. The largest absolute Gasteiger partial charge is 0.322 e. The van der Waals surface area contributed by atoms with Crippen LogP contribution in [-0.2, 0) is 0 Å². The molecule has 1 radical (unpaired) electrons. The Hall–Kier alpha value is -2.23. The molecule has 2 aromatic rings. The van der Waals surface area contributed by atoms with Crippen molar-refractivity contribution >= 4 is 11.6 Å². The lowest BCUT2D eigenvalue weighted by atomic mass is 10.2. The van der Waals surface area contributed by atoms with E-state index in [0.29, 0.717) is 11.8 Å². The van der Waals surface area contributed by atoms with Crippen LogP contribution in [0.4, 0.5) is 14.5 Å². The fraction of sp³-hybridized carbons (Fsp3) is 0. The Bertz CT molecular complexity index is 579. The third kappa shape index (κ3) is 2.71. The van der Waals surface area contributed by atoms with Gasteiger partial charge in [-0.25, -0.2) is 8.78 Å². The monoisotopic (exact) mass is 246 g/mol. The highest BCUT2D eigenvalue weighted by Crippen LogP contribution is 2.14. The smallest absolute Gasteiger partial charge is 0.258 e. The zero-order valence-electron chi connectivity index (χ0n) is 9.41. The van der Waals surface area contributed by atoms with Gasteiger partial charge < -0.3 is 5.32 Å². The topological polar surface area (TPSA) is 29.1 Å². The SMILES string of the molecule is [CH2]c1ccc(NC(=O)c2ccc(F)cc2F)cc1. The first-order valence-corrected chi connectivity index (χ1v) is 5.25. The maximum atomic E-state index is 13.4. The quantitative estimate of drug-likeness (QED) is 0.864. The van der Waals surface area contributed by atoms with E-state index in [9.17, 15) is 13.6 Å². The summed E-state index contributed by atoms with van der Waals surface area (Å²) in [6, 6.07) is 9.57. The fourth-order valence-corrected chi connectivity index (χ4v) is 1.46. The lowest BCUT2D eigenvalue weighted by Gasteiger charge is -2.06. The van der Waals surface area contributed by atoms with Crippen LogP contribution in [0.25, 0.3) is 0 Å². The average molecular weight is 246 g/mol. The molecule has 0 spiro atoms. The highest BCUT2D eigenvalue weighted by Gasteiger charge is 2.12. The van der Waals surface area contributed by atoms with E-state index < -0.39 is 17.5 Å². The summed E-state index contributed by atoms with van der Waals surface area (Å²) < 4.78 is 26.1. The van der Waals surface area contributed by atoms with Gasteiger partial charge in [-0.15, -0.1) is 0 Å². The molecule has 0 fully saturated rings. The highest BCUT2D eigenvalue weighted by atomic mass is 19.1. The molecule has 0 aliphatic rings. The van der Waals surface area contributed by atoms with Gasteiger partial charge in [-0.05, 0) is 36.8 Å². The number of amides is 1. The van der Waals surface area contributed by atoms with Gasteiger partial charge in [0.15, 0.2) is 0 Å². The number of benzene rings is 2. The van der Waals surface area contributed by atoms with E-state index in [2.05, 4.69) is 12.2 Å². The summed E-state index contributed by atoms with van der Waals surface area (Å²) in [4.78, 5) is 11.7. The molecule has 0 heterocycles. The summed E-state index contributed by atoms with van der Waals surface area (Å²) in [5.41, 5.74) is 1.13. The molecule has 2 nitrogen and oxygen atoms in total. The first kappa shape index (κ1) is 12.2. The van der Waals surface area contributed by atoms with Gasteiger partial charge in [-0.2, -0.15) is 0 Å². The number of anilines is 1. The van der Waals surface area contributed by atoms with Crippen LogP contribution < -0.4 is 5.32 Å². The normalized spacial score (nSPS) is 10.2. The molecule has 91 valence electrons. The van der Waals surface area contributed by atoms with E-state index in [1.807, 2.05) is 0 Å². The van der Waals surface area contributed by atoms with E-state index in [1.54, 1.807) is 24.3 Å². The molecule has 0 aliphatic heterocycles. The van der Waals surface area contributed by atoms with Crippen LogP contribution in [0.3, 0.4) is 0 Å². The molecule has 0 aromatic heterocycles. The molecule has 1 N–H and O–H groups in total. The van der Waals surface area contributed by atoms with Crippen molar-refractivity contribution in [3.8, 4) is 0 Å². The summed E-state index contributed by atoms with van der Waals surface area (Å²) in [6.45, 7) is 3.71. The fourth-order valence-electron chi connectivity index (χ4n) is 1.46. The minimum absolute atomic E-state index is 0.199. The molecule has 4 heteroatoms. The van der Waals surface area contributed by atoms with E-state index in [1.165, 1.54) is 0 Å². The predicted octanol–water partition coefficient (Wildman–Crippen LogP) is 3.40. The second-order valence-corrected chi connectivity index (χ2v) is 3.78. The molecule has 0 unspecified atom stereocenters. The Morgan fingerprint density at radius 2 is 1.72 bits per heavy atom. The first-order valence-electron chi connectivity index (χ1n) is 5.25. The molecule has 18 heavy (non-hydrogen) atoms. The molecule has 1 amide bonds. The lowest BCUT2D eigenvalue weighted by molar-refractivity contribution is 0.102. The van der Waals surface area contributed by atoms with Gasteiger partial charge in [0.25, 0.3) is 5.91 Å². The van der Waals surface area contributed by atoms with E-state index in [0.717, 1.165) is 17.7 Å². The number of hydrogen-bond acceptors (Lipinski definition) is 1. The van der Waals surface area contributed by atoms with Gasteiger partial charge in [-0.3, -0.25) is 4.79 Å². The van der Waals surface area contributed by atoms with Crippen molar-refractivity contribution in [1.29, 1.82) is 0 Å². The van der Waals surface area contributed by atoms with Gasteiger partial charge in [0.1, 0.15) is 11.6 Å². The Labute approximate surface area is 103 Å². The molecular weight excluding hydrogens is 236 g/mol. The number of rotatable bonds is 2. The molecule has 0 saturated heterocycles. The number of hydrogen-bond donors (Lipinski definition) is 1. The summed E-state index contributed by atoms with van der Waals surface area (Å²) in [5.74, 6) is -2.23. The number of nitrogens with one attached hydrogen (secondary N) is 1. The molecule has 2 rings (SSSR count). The first-order chi connectivity index (χ1) is 8.56. The molecule has 2 aromatic carbocycles. The third-order valence-electron chi connectivity index (χ3n) is 2.39. The van der Waals surface area contributed by atoms with Crippen molar-refractivity contribution in [3.63, 3.8) is 0 Å². The minimum atomic E-state index is -0.888. The molecule has 0 bridgehead atoms. The summed E-state index contributed by atoms with van der Waals surface area (Å²) in [7, 11) is 0. The van der Waals surface area contributed by atoms with Crippen molar-refractivity contribution in [1.82, 2.24) is 0 Å². The van der Waals surface area contributed by atoms with Gasteiger partial charge >= 0.3 is 0 Å². The van der Waals surface area contributed by atoms with Crippen LogP contribution in [0.5, 0.6) is 0 Å². The molecule has 0 atom stereocenters. The Morgan fingerprint density at radius 1 is 1.06 bits per heavy atom. The summed E-state index contributed by atoms with van der Waals surface area (Å²) >= 11 is 0. The second-order valence-electron chi connectivity index (χ2n) is 3.78. The molecule has 0 saturated carbocycles. The number of halogens is 2. The molecule has 0 aliphatic carbocycles. The minimum Gasteiger partial charge on any atom is -0.322 e. The van der Waals surface area contributed by atoms with E-state index in [-0.39, 0.29) is 5.56 Å². The number of carbonyl (C=O) groups excluding carboxylic acids is 1. The van der Waals surface area contributed by atoms with Gasteiger partial charge in [0.05, 0.1) is 5.56 Å². The summed E-state index contributed by atoms with van der Waals surface area (Å²) in [6.07, 6.45) is 0. The Kier molecular flexibility index (Phi) is 3.37. The van der Waals surface area contributed by atoms with Crippen LogP contribution in [0.15, 0.2) is 42.5 Å². The van der Waals surface area contributed by atoms with Crippen molar-refractivity contribution in [2.45, 2.75) is 0 Å². The van der Waals surface area contributed by atoms with Gasteiger partial charge in [0, 0.05) is 11.8 Å². The second kappa shape index (κ2) is 4.96. The lowest BCUT2D eigenvalue weighted by Crippen LogP contribution is -2.13. The maximum Gasteiger partial charge on any atom is 0.258 e. The van der Waals surface area contributed by atoms with Crippen LogP contribution in [-0.4, -0.2) is 5.91 Å². The zero-order valence-corrected chi connectivity index (χ0v) is 9.41. The number of carbonyl (C=O) groups is 1. The van der Waals surface area contributed by atoms with E-state index in [4.69, 9.17) is 0 Å². The third-order valence-corrected chi connectivity index (χ3v) is 2.39. The highest BCUT2D eigenvalue weighted by molar-refractivity contribution is 6.04. The van der Waals surface area contributed by atoms with E-state index >= 15 is 0 Å². The van der Waals surface area contributed by atoms with Crippen molar-refractivity contribution in [3.05, 3.63) is 72.1 Å². The summed E-state index contributed by atoms with van der Waals surface area (Å²) in [5, 5.41) is 2.52.